The quantitative estimate of drug-likeness (QED) is 0.528. The van der Waals surface area contributed by atoms with Gasteiger partial charge in [-0.1, -0.05) is 29.8 Å². The second kappa shape index (κ2) is 8.77. The van der Waals surface area contributed by atoms with E-state index in [1.165, 1.54) is 12.3 Å². The molecule has 2 atom stereocenters. The molecule has 3 aromatic rings. The smallest absolute Gasteiger partial charge is 0.365 e. The van der Waals surface area contributed by atoms with Gasteiger partial charge in [-0.25, -0.2) is 5.01 Å². The SMILES string of the molecule is O=C1C(CC(F)(F)F)=CC(O)(CS(=O)c2ccccc2)N1Nc1ccnc2cc(Cl)ccc12. The average Bonchev–Trinajstić information content (AvgIpc) is 2.96. The maximum Gasteiger partial charge on any atom is 0.393 e. The molecule has 0 saturated carbocycles. The number of anilines is 1. The Balaban J connectivity index is 1.71. The molecule has 2 N–H and O–H groups in total. The first-order valence-electron chi connectivity index (χ1n) is 9.65. The molecule has 0 fully saturated rings. The third-order valence-electron chi connectivity index (χ3n) is 4.95. The van der Waals surface area contributed by atoms with Gasteiger partial charge in [0.15, 0.2) is 5.72 Å². The number of nitrogens with zero attached hydrogens (tertiary/aromatic N) is 2. The second-order valence-electron chi connectivity index (χ2n) is 7.42. The molecular formula is C22H17ClF3N3O3S. The minimum absolute atomic E-state index is 0.301. The van der Waals surface area contributed by atoms with Gasteiger partial charge in [-0.2, -0.15) is 13.2 Å². The molecule has 2 heterocycles. The molecule has 0 radical (unpaired) electrons. The van der Waals surface area contributed by atoms with Crippen LogP contribution in [-0.2, 0) is 15.6 Å². The van der Waals surface area contributed by atoms with Crippen LogP contribution < -0.4 is 5.43 Å². The van der Waals surface area contributed by atoms with Gasteiger partial charge in [0.1, 0.15) is 0 Å². The molecule has 0 spiro atoms. The minimum Gasteiger partial charge on any atom is -0.365 e. The number of aromatic nitrogens is 1. The van der Waals surface area contributed by atoms with Crippen LogP contribution in [0.25, 0.3) is 10.9 Å². The number of hydrogen-bond acceptors (Lipinski definition) is 5. The van der Waals surface area contributed by atoms with E-state index in [1.807, 2.05) is 0 Å². The van der Waals surface area contributed by atoms with Crippen molar-refractivity contribution >= 4 is 44.9 Å². The number of benzene rings is 2. The molecule has 2 aromatic carbocycles. The summed E-state index contributed by atoms with van der Waals surface area (Å²) in [5.41, 5.74) is 0.559. The van der Waals surface area contributed by atoms with Gasteiger partial charge in [0.2, 0.25) is 0 Å². The number of pyridine rings is 1. The highest BCUT2D eigenvalue weighted by Crippen LogP contribution is 2.36. The van der Waals surface area contributed by atoms with E-state index in [1.54, 1.807) is 48.5 Å². The molecule has 33 heavy (non-hydrogen) atoms. The lowest BCUT2D eigenvalue weighted by atomic mass is 10.1. The Morgan fingerprint density at radius 2 is 1.88 bits per heavy atom. The van der Waals surface area contributed by atoms with E-state index in [0.717, 1.165) is 6.08 Å². The van der Waals surface area contributed by atoms with E-state index in [9.17, 15) is 27.3 Å². The molecule has 0 bridgehead atoms. The van der Waals surface area contributed by atoms with Crippen molar-refractivity contribution in [2.24, 2.45) is 0 Å². The highest BCUT2D eigenvalue weighted by atomic mass is 35.5. The van der Waals surface area contributed by atoms with E-state index in [-0.39, 0.29) is 0 Å². The Morgan fingerprint density at radius 1 is 1.15 bits per heavy atom. The highest BCUT2D eigenvalue weighted by molar-refractivity contribution is 7.85. The average molecular weight is 496 g/mol. The van der Waals surface area contributed by atoms with Crippen LogP contribution in [-0.4, -0.2) is 42.9 Å². The maximum atomic E-state index is 13.1. The molecule has 172 valence electrons. The van der Waals surface area contributed by atoms with E-state index in [0.29, 0.717) is 31.5 Å². The third kappa shape index (κ3) is 5.02. The fraction of sp³-hybridized carbons (Fsp3) is 0.182. The Kier molecular flexibility index (Phi) is 6.17. The van der Waals surface area contributed by atoms with Crippen molar-refractivity contribution < 1.29 is 27.3 Å². The van der Waals surface area contributed by atoms with E-state index >= 15 is 0 Å². The Hall–Kier alpha value is -2.95. The molecule has 4 rings (SSSR count). The summed E-state index contributed by atoms with van der Waals surface area (Å²) in [6, 6.07) is 14.4. The van der Waals surface area contributed by atoms with Crippen molar-refractivity contribution in [3.63, 3.8) is 0 Å². The van der Waals surface area contributed by atoms with Gasteiger partial charge in [0.25, 0.3) is 5.91 Å². The lowest BCUT2D eigenvalue weighted by Gasteiger charge is -2.33. The first-order valence-corrected chi connectivity index (χ1v) is 11.4. The van der Waals surface area contributed by atoms with Crippen molar-refractivity contribution in [3.8, 4) is 0 Å². The van der Waals surface area contributed by atoms with Crippen molar-refractivity contribution in [2.75, 3.05) is 11.2 Å². The van der Waals surface area contributed by atoms with Gasteiger partial charge in [0, 0.05) is 27.1 Å². The molecule has 11 heteroatoms. The van der Waals surface area contributed by atoms with Crippen molar-refractivity contribution in [2.45, 2.75) is 23.2 Å². The maximum absolute atomic E-state index is 13.1. The van der Waals surface area contributed by atoms with E-state index in [2.05, 4.69) is 10.4 Å². The number of carbonyl (C=O) groups excluding carboxylic acids is 1. The highest BCUT2D eigenvalue weighted by Gasteiger charge is 2.48. The van der Waals surface area contributed by atoms with Gasteiger partial charge >= 0.3 is 6.18 Å². The fourth-order valence-corrected chi connectivity index (χ4v) is 4.90. The van der Waals surface area contributed by atoms with Gasteiger partial charge in [0.05, 0.1) is 34.2 Å². The normalized spacial score (nSPS) is 19.6. The number of aliphatic hydroxyl groups is 1. The second-order valence-corrected chi connectivity index (χ2v) is 9.30. The Labute approximate surface area is 194 Å². The van der Waals surface area contributed by atoms with Crippen molar-refractivity contribution in [1.82, 2.24) is 9.99 Å². The summed E-state index contributed by atoms with van der Waals surface area (Å²) in [5.74, 6) is -1.61. The number of hydrazine groups is 1. The van der Waals surface area contributed by atoms with Crippen molar-refractivity contribution in [3.05, 3.63) is 77.5 Å². The van der Waals surface area contributed by atoms with Crippen LogP contribution in [0.15, 0.2) is 77.3 Å². The minimum atomic E-state index is -4.67. The lowest BCUT2D eigenvalue weighted by molar-refractivity contribution is -0.143. The topological polar surface area (TPSA) is 82.5 Å². The van der Waals surface area contributed by atoms with Crippen LogP contribution in [0.4, 0.5) is 18.9 Å². The van der Waals surface area contributed by atoms with Crippen LogP contribution in [0.1, 0.15) is 6.42 Å². The van der Waals surface area contributed by atoms with Crippen LogP contribution in [0.2, 0.25) is 5.02 Å². The van der Waals surface area contributed by atoms with Crippen LogP contribution in [0, 0.1) is 0 Å². The summed E-state index contributed by atoms with van der Waals surface area (Å²) in [6.45, 7) is 0. The first kappa shape index (κ1) is 23.2. The molecule has 1 aliphatic heterocycles. The third-order valence-corrected chi connectivity index (χ3v) is 6.67. The number of amides is 1. The van der Waals surface area contributed by atoms with Crippen LogP contribution in [0.3, 0.4) is 0 Å². The van der Waals surface area contributed by atoms with Crippen LogP contribution >= 0.6 is 11.6 Å². The summed E-state index contributed by atoms with van der Waals surface area (Å²) >= 11 is 5.99. The number of rotatable bonds is 6. The first-order chi connectivity index (χ1) is 15.6. The monoisotopic (exact) mass is 495 g/mol. The summed E-state index contributed by atoms with van der Waals surface area (Å²) in [4.78, 5) is 17.5. The zero-order valence-corrected chi connectivity index (χ0v) is 18.4. The van der Waals surface area contributed by atoms with Crippen LogP contribution in [0.5, 0.6) is 0 Å². The van der Waals surface area contributed by atoms with Crippen molar-refractivity contribution in [1.29, 1.82) is 0 Å². The molecule has 1 aromatic heterocycles. The van der Waals surface area contributed by atoms with E-state index < -0.39 is 46.4 Å². The molecular weight excluding hydrogens is 479 g/mol. The number of carbonyl (C=O) groups is 1. The largest absolute Gasteiger partial charge is 0.393 e. The number of fused-ring (bicyclic) bond motifs is 1. The Bertz CT molecular complexity index is 1270. The zero-order chi connectivity index (χ0) is 23.8. The number of hydrogen-bond donors (Lipinski definition) is 2. The number of nitrogens with one attached hydrogen (secondary N) is 1. The lowest BCUT2D eigenvalue weighted by Crippen LogP contribution is -2.53. The van der Waals surface area contributed by atoms with Gasteiger partial charge in [-0.05, 0) is 42.5 Å². The molecule has 0 saturated heterocycles. The summed E-state index contributed by atoms with van der Waals surface area (Å²) < 4.78 is 52.1. The number of alkyl halides is 3. The summed E-state index contributed by atoms with van der Waals surface area (Å²) in [6.07, 6.45) is -3.96. The predicted octanol–water partition coefficient (Wildman–Crippen LogP) is 4.43. The van der Waals surface area contributed by atoms with E-state index in [4.69, 9.17) is 11.6 Å². The Morgan fingerprint density at radius 3 is 2.58 bits per heavy atom. The van der Waals surface area contributed by atoms with Gasteiger partial charge in [-0.15, -0.1) is 0 Å². The standard InChI is InChI=1S/C22H17ClF3N3O3S/c23-15-6-7-17-18(8-9-27-19(17)10-15)28-29-20(30)14(12-22(24,25)26)11-21(29,31)13-33(32)16-4-2-1-3-5-16/h1-11,31H,12-13H2,(H,27,28). The molecule has 1 amide bonds. The molecule has 6 nitrogen and oxygen atoms in total. The van der Waals surface area contributed by atoms with Gasteiger partial charge in [-0.3, -0.25) is 19.4 Å². The fourth-order valence-electron chi connectivity index (χ4n) is 3.51. The molecule has 0 aliphatic carbocycles. The van der Waals surface area contributed by atoms with Gasteiger partial charge < -0.3 is 5.11 Å². The number of halogens is 4. The summed E-state index contributed by atoms with van der Waals surface area (Å²) in [7, 11) is -1.81. The summed E-state index contributed by atoms with van der Waals surface area (Å²) in [5, 5.41) is 12.9. The molecule has 1 aliphatic rings. The zero-order valence-electron chi connectivity index (χ0n) is 16.8. The molecule has 2 unspecified atom stereocenters. The predicted molar refractivity (Wildman–Crippen MR) is 119 cm³/mol.